The lowest BCUT2D eigenvalue weighted by atomic mass is 10.0. The molecule has 0 amide bonds. The summed E-state index contributed by atoms with van der Waals surface area (Å²) in [5.74, 6) is -0.0441. The number of halogens is 6. The molecule has 0 saturated heterocycles. The number of imidazole rings is 1. The lowest BCUT2D eigenvalue weighted by Gasteiger charge is -2.17. The molecule has 0 unspecified atom stereocenters. The van der Waals surface area contributed by atoms with Crippen molar-refractivity contribution in [2.45, 2.75) is 24.2 Å². The molecule has 5 aromatic rings. The smallest absolute Gasteiger partial charge is 0.301 e. The van der Waals surface area contributed by atoms with Crippen LogP contribution in [0.15, 0.2) is 78.0 Å². The summed E-state index contributed by atoms with van der Waals surface area (Å²) in [4.78, 5) is 3.63. The standard InChI is InChI=1S/C27H18F6N5O2S/c1-16-35-25(27(31,32)33)15-37(16)22-11-10-18(17-6-5-7-19(12-17)41(2,39)40)13-23(22)38-24(14-34-36-38)20-8-3-4-9-21(20)26(28,29)30/h3,5-15H,1-2H3. The molecule has 7 nitrogen and oxygen atoms in total. The summed E-state index contributed by atoms with van der Waals surface area (Å²) in [6, 6.07) is 16.1. The van der Waals surface area contributed by atoms with Crippen molar-refractivity contribution in [3.63, 3.8) is 0 Å². The molecule has 0 aliphatic carbocycles. The molecule has 5 rings (SSSR count). The molecule has 0 aliphatic rings. The van der Waals surface area contributed by atoms with E-state index < -0.39 is 33.4 Å². The molecular formula is C27H18F6N5O2S. The summed E-state index contributed by atoms with van der Waals surface area (Å²) in [5, 5.41) is 7.79. The van der Waals surface area contributed by atoms with Gasteiger partial charge in [-0.3, -0.25) is 0 Å². The maximum atomic E-state index is 13.9. The Morgan fingerprint density at radius 1 is 0.902 bits per heavy atom. The Balaban J connectivity index is 1.78. The van der Waals surface area contributed by atoms with Gasteiger partial charge in [0.2, 0.25) is 0 Å². The molecular weight excluding hydrogens is 572 g/mol. The van der Waals surface area contributed by atoms with Gasteiger partial charge >= 0.3 is 12.4 Å². The number of nitrogens with zero attached hydrogens (tertiary/aromatic N) is 5. The molecule has 41 heavy (non-hydrogen) atoms. The van der Waals surface area contributed by atoms with E-state index >= 15 is 0 Å². The minimum Gasteiger partial charge on any atom is -0.301 e. The van der Waals surface area contributed by atoms with Crippen molar-refractivity contribution in [1.82, 2.24) is 24.5 Å². The second-order valence-electron chi connectivity index (χ2n) is 9.05. The Hall–Kier alpha value is -4.46. The van der Waals surface area contributed by atoms with Crippen LogP contribution in [0.4, 0.5) is 26.3 Å². The third-order valence-electron chi connectivity index (χ3n) is 6.23. The molecule has 0 N–H and O–H groups in total. The highest BCUT2D eigenvalue weighted by Crippen LogP contribution is 2.39. The van der Waals surface area contributed by atoms with E-state index in [1.807, 2.05) is 0 Å². The fourth-order valence-corrected chi connectivity index (χ4v) is 4.99. The fourth-order valence-electron chi connectivity index (χ4n) is 4.32. The maximum Gasteiger partial charge on any atom is 0.434 e. The van der Waals surface area contributed by atoms with E-state index in [4.69, 9.17) is 0 Å². The van der Waals surface area contributed by atoms with E-state index in [0.29, 0.717) is 11.1 Å². The number of hydrogen-bond donors (Lipinski definition) is 0. The van der Waals surface area contributed by atoms with Crippen LogP contribution in [-0.4, -0.2) is 39.2 Å². The van der Waals surface area contributed by atoms with Gasteiger partial charge in [-0.1, -0.05) is 35.5 Å². The highest BCUT2D eigenvalue weighted by atomic mass is 32.2. The third-order valence-corrected chi connectivity index (χ3v) is 7.34. The van der Waals surface area contributed by atoms with Crippen molar-refractivity contribution in [3.05, 3.63) is 96.2 Å². The average molecular weight is 591 g/mol. The summed E-state index contributed by atoms with van der Waals surface area (Å²) in [6.07, 6.45) is -6.58. The zero-order valence-corrected chi connectivity index (χ0v) is 22.0. The van der Waals surface area contributed by atoms with Crippen LogP contribution in [0, 0.1) is 13.0 Å². The summed E-state index contributed by atoms with van der Waals surface area (Å²) in [7, 11) is -3.57. The molecule has 0 fully saturated rings. The number of hydrogen-bond acceptors (Lipinski definition) is 5. The van der Waals surface area contributed by atoms with Crippen LogP contribution in [0.1, 0.15) is 17.1 Å². The summed E-state index contributed by atoms with van der Waals surface area (Å²) in [5.41, 5.74) is -1.53. The van der Waals surface area contributed by atoms with Crippen molar-refractivity contribution >= 4 is 9.84 Å². The average Bonchev–Trinajstić information content (AvgIpc) is 3.54. The van der Waals surface area contributed by atoms with Gasteiger partial charge in [-0.2, -0.15) is 26.3 Å². The van der Waals surface area contributed by atoms with Crippen LogP contribution < -0.4 is 0 Å². The molecule has 2 heterocycles. The zero-order valence-electron chi connectivity index (χ0n) is 21.2. The first-order chi connectivity index (χ1) is 19.1. The number of alkyl halides is 6. The monoisotopic (exact) mass is 590 g/mol. The van der Waals surface area contributed by atoms with Crippen molar-refractivity contribution in [3.8, 4) is 33.8 Å². The largest absolute Gasteiger partial charge is 0.434 e. The van der Waals surface area contributed by atoms with Crippen molar-refractivity contribution < 1.29 is 34.8 Å². The number of sulfone groups is 1. The van der Waals surface area contributed by atoms with E-state index in [1.165, 1.54) is 49.4 Å². The van der Waals surface area contributed by atoms with Crippen LogP contribution in [0.3, 0.4) is 0 Å². The minimum absolute atomic E-state index is 0.0256. The quantitative estimate of drug-likeness (QED) is 0.223. The van der Waals surface area contributed by atoms with Gasteiger partial charge in [0.15, 0.2) is 15.5 Å². The molecule has 0 saturated carbocycles. The lowest BCUT2D eigenvalue weighted by molar-refractivity contribution is -0.141. The van der Waals surface area contributed by atoms with E-state index in [2.05, 4.69) is 21.4 Å². The molecule has 2 aromatic heterocycles. The van der Waals surface area contributed by atoms with Gasteiger partial charge in [0.25, 0.3) is 0 Å². The maximum absolute atomic E-state index is 13.9. The first-order valence-electron chi connectivity index (χ1n) is 11.7. The Morgan fingerprint density at radius 3 is 2.29 bits per heavy atom. The van der Waals surface area contributed by atoms with Gasteiger partial charge in [-0.05, 0) is 54.4 Å². The molecule has 211 valence electrons. The van der Waals surface area contributed by atoms with Crippen LogP contribution in [0.5, 0.6) is 0 Å². The first-order valence-corrected chi connectivity index (χ1v) is 13.6. The van der Waals surface area contributed by atoms with E-state index in [1.54, 1.807) is 12.1 Å². The second-order valence-corrected chi connectivity index (χ2v) is 11.1. The van der Waals surface area contributed by atoms with Gasteiger partial charge in [-0.25, -0.2) is 18.1 Å². The van der Waals surface area contributed by atoms with Gasteiger partial charge in [0.05, 0.1) is 33.7 Å². The highest BCUT2D eigenvalue weighted by molar-refractivity contribution is 7.90. The second kappa shape index (κ2) is 9.87. The molecule has 0 aliphatic heterocycles. The highest BCUT2D eigenvalue weighted by Gasteiger charge is 2.36. The van der Waals surface area contributed by atoms with Gasteiger partial charge in [-0.15, -0.1) is 5.10 Å². The van der Waals surface area contributed by atoms with Crippen LogP contribution in [0.25, 0.3) is 33.8 Å². The van der Waals surface area contributed by atoms with Crippen molar-refractivity contribution in [2.75, 3.05) is 6.26 Å². The van der Waals surface area contributed by atoms with Crippen LogP contribution in [-0.2, 0) is 22.2 Å². The number of aryl methyl sites for hydroxylation is 1. The third kappa shape index (κ3) is 5.46. The van der Waals surface area contributed by atoms with Crippen molar-refractivity contribution in [2.24, 2.45) is 0 Å². The predicted molar refractivity (Wildman–Crippen MR) is 136 cm³/mol. The molecule has 0 atom stereocenters. The molecule has 0 spiro atoms. The van der Waals surface area contributed by atoms with Gasteiger partial charge in [0.1, 0.15) is 5.82 Å². The van der Waals surface area contributed by atoms with E-state index in [-0.39, 0.29) is 33.4 Å². The van der Waals surface area contributed by atoms with E-state index in [0.717, 1.165) is 34.0 Å². The number of rotatable bonds is 5. The van der Waals surface area contributed by atoms with Gasteiger partial charge in [0, 0.05) is 18.0 Å². The Kier molecular flexibility index (Phi) is 6.76. The first kappa shape index (κ1) is 28.1. The van der Waals surface area contributed by atoms with E-state index in [9.17, 15) is 34.8 Å². The Bertz CT molecular complexity index is 1870. The number of benzene rings is 3. The normalized spacial score (nSPS) is 12.6. The molecule has 14 heteroatoms. The summed E-state index contributed by atoms with van der Waals surface area (Å²) in [6.45, 7) is 1.35. The van der Waals surface area contributed by atoms with Crippen molar-refractivity contribution in [1.29, 1.82) is 0 Å². The SMILES string of the molecule is Cc1nc(C(F)(F)F)cn1-c1ccc(-c2cccc(S(C)(=O)=O)c2)cc1-n1nncc1-c1cc[c]cc1C(F)(F)F. The molecule has 0 bridgehead atoms. The number of aromatic nitrogens is 5. The van der Waals surface area contributed by atoms with Crippen LogP contribution >= 0.6 is 0 Å². The lowest BCUT2D eigenvalue weighted by Crippen LogP contribution is -2.11. The Morgan fingerprint density at radius 2 is 1.63 bits per heavy atom. The molecule has 1 radical (unpaired) electrons. The predicted octanol–water partition coefficient (Wildman–Crippen LogP) is 6.34. The van der Waals surface area contributed by atoms with Crippen LogP contribution in [0.2, 0.25) is 0 Å². The minimum atomic E-state index is -4.75. The Labute approximate surface area is 229 Å². The molecule has 3 aromatic carbocycles. The zero-order chi connectivity index (χ0) is 29.7. The van der Waals surface area contributed by atoms with Gasteiger partial charge < -0.3 is 4.57 Å². The summed E-state index contributed by atoms with van der Waals surface area (Å²) >= 11 is 0. The summed E-state index contributed by atoms with van der Waals surface area (Å²) < 4.78 is 108. The fraction of sp³-hybridized carbons (Fsp3) is 0.148. The topological polar surface area (TPSA) is 82.7 Å².